The minimum atomic E-state index is 0.118. The summed E-state index contributed by atoms with van der Waals surface area (Å²) in [5, 5.41) is 6.35. The Morgan fingerprint density at radius 2 is 2.11 bits per heavy atom. The van der Waals surface area contributed by atoms with Crippen LogP contribution in [0.15, 0.2) is 5.38 Å². The van der Waals surface area contributed by atoms with Gasteiger partial charge in [0.25, 0.3) is 5.91 Å². The Bertz CT molecular complexity index is 445. The number of hydrogen-bond donors (Lipinski definition) is 1. The Morgan fingerprint density at radius 3 is 2.67 bits per heavy atom. The van der Waals surface area contributed by atoms with E-state index in [0.29, 0.717) is 23.4 Å². The maximum Gasteiger partial charge on any atom is 0.273 e. The normalized spacial score (nSPS) is 26.9. The van der Waals surface area contributed by atoms with E-state index in [1.54, 1.807) is 11.3 Å². The van der Waals surface area contributed by atoms with Gasteiger partial charge in [0, 0.05) is 37.5 Å². The van der Waals surface area contributed by atoms with E-state index in [1.165, 1.54) is 0 Å². The third-order valence-electron chi connectivity index (χ3n) is 3.91. The number of carbonyl (C=O) groups is 1. The van der Waals surface area contributed by atoms with E-state index in [-0.39, 0.29) is 5.91 Å². The van der Waals surface area contributed by atoms with Crippen molar-refractivity contribution < 1.29 is 4.79 Å². The molecule has 2 fully saturated rings. The van der Waals surface area contributed by atoms with Crippen LogP contribution in [-0.4, -0.2) is 42.0 Å². The van der Waals surface area contributed by atoms with Crippen LogP contribution in [0.25, 0.3) is 0 Å². The number of thiazole rings is 1. The molecule has 3 heterocycles. The Balaban J connectivity index is 1.71. The summed E-state index contributed by atoms with van der Waals surface area (Å²) in [7, 11) is 0. The second-order valence-electron chi connectivity index (χ2n) is 5.61. The predicted octanol–water partition coefficient (Wildman–Crippen LogP) is 1.56. The predicted molar refractivity (Wildman–Crippen MR) is 72.0 cm³/mol. The zero-order valence-corrected chi connectivity index (χ0v) is 11.7. The SMILES string of the molecule is CC(C)c1nc(C(=O)N2C[C@H]3CNC[C@H]3C2)cs1. The summed E-state index contributed by atoms with van der Waals surface area (Å²) in [5.41, 5.74) is 0.636. The zero-order chi connectivity index (χ0) is 12.7. The number of amides is 1. The van der Waals surface area contributed by atoms with Crippen molar-refractivity contribution in [2.75, 3.05) is 26.2 Å². The first kappa shape index (κ1) is 12.1. The fraction of sp³-hybridized carbons (Fsp3) is 0.692. The standard InChI is InChI=1S/C13H19N3OS/c1-8(2)12-15-11(7-18-12)13(17)16-5-9-3-14-4-10(9)6-16/h7-10,14H,3-6H2,1-2H3/t9-,10+. The van der Waals surface area contributed by atoms with Crippen LogP contribution in [-0.2, 0) is 0 Å². The molecule has 2 atom stereocenters. The molecular formula is C13H19N3OS. The van der Waals surface area contributed by atoms with Crippen molar-refractivity contribution >= 4 is 17.2 Å². The fourth-order valence-corrected chi connectivity index (χ4v) is 3.64. The highest BCUT2D eigenvalue weighted by Crippen LogP contribution is 2.28. The molecule has 4 nitrogen and oxygen atoms in total. The van der Waals surface area contributed by atoms with Crippen molar-refractivity contribution in [1.29, 1.82) is 0 Å². The van der Waals surface area contributed by atoms with Crippen molar-refractivity contribution in [1.82, 2.24) is 15.2 Å². The summed E-state index contributed by atoms with van der Waals surface area (Å²) in [6.07, 6.45) is 0. The van der Waals surface area contributed by atoms with E-state index in [0.717, 1.165) is 31.2 Å². The van der Waals surface area contributed by atoms with Gasteiger partial charge in [-0.1, -0.05) is 13.8 Å². The first-order valence-electron chi connectivity index (χ1n) is 6.60. The number of fused-ring (bicyclic) bond motifs is 1. The molecule has 2 saturated heterocycles. The zero-order valence-electron chi connectivity index (χ0n) is 10.8. The van der Waals surface area contributed by atoms with E-state index >= 15 is 0 Å². The third-order valence-corrected chi connectivity index (χ3v) is 5.06. The van der Waals surface area contributed by atoms with Gasteiger partial charge in [0.05, 0.1) is 5.01 Å². The van der Waals surface area contributed by atoms with E-state index in [2.05, 4.69) is 24.1 Å². The Morgan fingerprint density at radius 1 is 1.44 bits per heavy atom. The number of nitrogens with zero attached hydrogens (tertiary/aromatic N) is 2. The summed E-state index contributed by atoms with van der Waals surface area (Å²) in [6.45, 7) is 8.12. The van der Waals surface area contributed by atoms with Gasteiger partial charge in [0.1, 0.15) is 5.69 Å². The number of likely N-dealkylation sites (tertiary alicyclic amines) is 1. The molecular weight excluding hydrogens is 246 g/mol. The van der Waals surface area contributed by atoms with E-state index < -0.39 is 0 Å². The lowest BCUT2D eigenvalue weighted by molar-refractivity contribution is 0.0776. The van der Waals surface area contributed by atoms with E-state index in [4.69, 9.17) is 0 Å². The van der Waals surface area contributed by atoms with Gasteiger partial charge in [-0.05, 0) is 11.8 Å². The van der Waals surface area contributed by atoms with Crippen LogP contribution in [0.1, 0.15) is 35.3 Å². The van der Waals surface area contributed by atoms with Gasteiger partial charge in [-0.2, -0.15) is 0 Å². The molecule has 0 radical (unpaired) electrons. The number of aromatic nitrogens is 1. The van der Waals surface area contributed by atoms with Crippen molar-refractivity contribution in [2.45, 2.75) is 19.8 Å². The van der Waals surface area contributed by atoms with Crippen LogP contribution in [0.2, 0.25) is 0 Å². The monoisotopic (exact) mass is 265 g/mol. The van der Waals surface area contributed by atoms with Crippen LogP contribution >= 0.6 is 11.3 Å². The highest BCUT2D eigenvalue weighted by Gasteiger charge is 2.38. The number of hydrogen-bond acceptors (Lipinski definition) is 4. The number of nitrogens with one attached hydrogen (secondary N) is 1. The van der Waals surface area contributed by atoms with Crippen molar-refractivity contribution in [3.8, 4) is 0 Å². The fourth-order valence-electron chi connectivity index (χ4n) is 2.83. The molecule has 0 unspecified atom stereocenters. The highest BCUT2D eigenvalue weighted by molar-refractivity contribution is 7.09. The van der Waals surface area contributed by atoms with Crippen LogP contribution in [0, 0.1) is 11.8 Å². The summed E-state index contributed by atoms with van der Waals surface area (Å²) >= 11 is 1.60. The van der Waals surface area contributed by atoms with Gasteiger partial charge in [0.15, 0.2) is 0 Å². The minimum absolute atomic E-state index is 0.118. The van der Waals surface area contributed by atoms with Crippen LogP contribution in [0.4, 0.5) is 0 Å². The summed E-state index contributed by atoms with van der Waals surface area (Å²) in [4.78, 5) is 18.8. The quantitative estimate of drug-likeness (QED) is 0.882. The molecule has 1 N–H and O–H groups in total. The maximum atomic E-state index is 12.4. The largest absolute Gasteiger partial charge is 0.337 e. The topological polar surface area (TPSA) is 45.2 Å². The molecule has 0 aliphatic carbocycles. The molecule has 1 aromatic rings. The third kappa shape index (κ3) is 2.06. The number of carbonyl (C=O) groups excluding carboxylic acids is 1. The molecule has 0 spiro atoms. The van der Waals surface area contributed by atoms with Gasteiger partial charge < -0.3 is 10.2 Å². The van der Waals surface area contributed by atoms with Crippen molar-refractivity contribution in [3.63, 3.8) is 0 Å². The van der Waals surface area contributed by atoms with Crippen LogP contribution in [0.3, 0.4) is 0 Å². The molecule has 18 heavy (non-hydrogen) atoms. The van der Waals surface area contributed by atoms with Crippen LogP contribution < -0.4 is 5.32 Å². The Hall–Kier alpha value is -0.940. The first-order chi connectivity index (χ1) is 8.65. The second kappa shape index (κ2) is 4.63. The average Bonchev–Trinajstić information content (AvgIpc) is 3.02. The Kier molecular flexibility index (Phi) is 3.11. The molecule has 1 aromatic heterocycles. The highest BCUT2D eigenvalue weighted by atomic mass is 32.1. The molecule has 0 saturated carbocycles. The lowest BCUT2D eigenvalue weighted by atomic mass is 10.0. The summed E-state index contributed by atoms with van der Waals surface area (Å²) in [6, 6.07) is 0. The lowest BCUT2D eigenvalue weighted by Crippen LogP contribution is -2.32. The van der Waals surface area contributed by atoms with Gasteiger partial charge in [-0.25, -0.2) is 4.98 Å². The van der Waals surface area contributed by atoms with Gasteiger partial charge in [-0.3, -0.25) is 4.79 Å². The van der Waals surface area contributed by atoms with Crippen LogP contribution in [0.5, 0.6) is 0 Å². The second-order valence-corrected chi connectivity index (χ2v) is 6.50. The maximum absolute atomic E-state index is 12.4. The molecule has 98 valence electrons. The molecule has 0 aromatic carbocycles. The first-order valence-corrected chi connectivity index (χ1v) is 7.48. The molecule has 5 heteroatoms. The smallest absolute Gasteiger partial charge is 0.273 e. The Labute approximate surface area is 111 Å². The summed E-state index contributed by atoms with van der Waals surface area (Å²) in [5.74, 6) is 1.82. The van der Waals surface area contributed by atoms with Crippen molar-refractivity contribution in [3.05, 3.63) is 16.1 Å². The van der Waals surface area contributed by atoms with E-state index in [9.17, 15) is 4.79 Å². The summed E-state index contributed by atoms with van der Waals surface area (Å²) < 4.78 is 0. The van der Waals surface area contributed by atoms with Gasteiger partial charge >= 0.3 is 0 Å². The molecule has 3 rings (SSSR count). The average molecular weight is 265 g/mol. The molecule has 0 bridgehead atoms. The van der Waals surface area contributed by atoms with Crippen molar-refractivity contribution in [2.24, 2.45) is 11.8 Å². The molecule has 2 aliphatic rings. The van der Waals surface area contributed by atoms with Gasteiger partial charge in [-0.15, -0.1) is 11.3 Å². The minimum Gasteiger partial charge on any atom is -0.337 e. The number of rotatable bonds is 2. The lowest BCUT2D eigenvalue weighted by Gasteiger charge is -2.15. The van der Waals surface area contributed by atoms with E-state index in [1.807, 2.05) is 10.3 Å². The van der Waals surface area contributed by atoms with Gasteiger partial charge in [0.2, 0.25) is 0 Å². The molecule has 1 amide bonds. The molecule has 2 aliphatic heterocycles.